The van der Waals surface area contributed by atoms with Crippen LogP contribution in [0.3, 0.4) is 0 Å². The number of hydrogen-bond donors (Lipinski definition) is 1. The summed E-state index contributed by atoms with van der Waals surface area (Å²) in [6.07, 6.45) is 2.34. The quantitative estimate of drug-likeness (QED) is 0.175. The van der Waals surface area contributed by atoms with Crippen LogP contribution in [0.1, 0.15) is 52.0 Å². The molecule has 0 radical (unpaired) electrons. The van der Waals surface area contributed by atoms with E-state index in [9.17, 15) is 19.5 Å². The van der Waals surface area contributed by atoms with Gasteiger partial charge in [0.15, 0.2) is 0 Å². The Hall–Kier alpha value is -2.97. The summed E-state index contributed by atoms with van der Waals surface area (Å²) in [5, 5.41) is 13.4. The first kappa shape index (κ1) is 28.3. The van der Waals surface area contributed by atoms with Gasteiger partial charge < -0.3 is 24.1 Å². The smallest absolute Gasteiger partial charge is 0.353 e. The third-order valence-corrected chi connectivity index (χ3v) is 5.51. The SMILES string of the molecule is CCOC(=O)C(OCCCCCCc1ccc2ccccc2c1)C(O)(C(=O)OCC)C(=O)OCC. The van der Waals surface area contributed by atoms with Crippen LogP contribution in [-0.4, -0.2) is 61.1 Å². The molecule has 0 aliphatic carbocycles. The number of esters is 3. The van der Waals surface area contributed by atoms with Crippen molar-refractivity contribution < 1.29 is 38.4 Å². The summed E-state index contributed by atoms with van der Waals surface area (Å²) in [7, 11) is 0. The van der Waals surface area contributed by atoms with Crippen LogP contribution in [0.25, 0.3) is 10.8 Å². The van der Waals surface area contributed by atoms with Gasteiger partial charge in [0.25, 0.3) is 5.60 Å². The maximum Gasteiger partial charge on any atom is 0.353 e. The highest BCUT2D eigenvalue weighted by Gasteiger charge is 2.58. The van der Waals surface area contributed by atoms with Crippen LogP contribution in [0, 0.1) is 0 Å². The number of aliphatic hydroxyl groups is 1. The average Bonchev–Trinajstić information content (AvgIpc) is 2.85. The third-order valence-electron chi connectivity index (χ3n) is 5.51. The molecule has 1 atom stereocenters. The van der Waals surface area contributed by atoms with Crippen LogP contribution in [0.5, 0.6) is 0 Å². The molecule has 8 nitrogen and oxygen atoms in total. The van der Waals surface area contributed by atoms with Gasteiger partial charge in [0.05, 0.1) is 19.8 Å². The maximum atomic E-state index is 12.5. The van der Waals surface area contributed by atoms with Gasteiger partial charge in [0.2, 0.25) is 6.10 Å². The van der Waals surface area contributed by atoms with E-state index in [2.05, 4.69) is 30.3 Å². The van der Waals surface area contributed by atoms with Crippen molar-refractivity contribution in [3.05, 3.63) is 48.0 Å². The highest BCUT2D eigenvalue weighted by atomic mass is 16.6. The first-order valence-corrected chi connectivity index (χ1v) is 12.2. The summed E-state index contributed by atoms with van der Waals surface area (Å²) < 4.78 is 20.2. The van der Waals surface area contributed by atoms with E-state index in [1.807, 2.05) is 12.1 Å². The molecule has 0 amide bonds. The lowest BCUT2D eigenvalue weighted by Gasteiger charge is -2.30. The molecule has 0 fully saturated rings. The number of fused-ring (bicyclic) bond motifs is 1. The predicted octanol–water partition coefficient (Wildman–Crippen LogP) is 3.75. The van der Waals surface area contributed by atoms with Gasteiger partial charge in [-0.15, -0.1) is 0 Å². The zero-order valence-corrected chi connectivity index (χ0v) is 20.8. The van der Waals surface area contributed by atoms with Gasteiger partial charge in [0, 0.05) is 6.61 Å². The van der Waals surface area contributed by atoms with Crippen LogP contribution in [0.2, 0.25) is 0 Å². The molecular weight excluding hydrogens is 452 g/mol. The second-order valence-corrected chi connectivity index (χ2v) is 8.06. The summed E-state index contributed by atoms with van der Waals surface area (Å²) in [5.41, 5.74) is -1.68. The van der Waals surface area contributed by atoms with Crippen molar-refractivity contribution in [2.75, 3.05) is 26.4 Å². The Balaban J connectivity index is 1.91. The molecule has 1 unspecified atom stereocenters. The lowest BCUT2D eigenvalue weighted by atomic mass is 9.96. The van der Waals surface area contributed by atoms with Crippen LogP contribution < -0.4 is 0 Å². The minimum Gasteiger partial charge on any atom is -0.464 e. The third kappa shape index (κ3) is 7.77. The molecule has 2 rings (SSSR count). The Morgan fingerprint density at radius 3 is 2.03 bits per heavy atom. The standard InChI is InChI=1S/C27H36O8/c1-4-32-24(28)23(27(31,25(29)33-5-2)26(30)34-6-3)35-18-12-8-7-9-13-20-16-17-21-14-10-11-15-22(21)19-20/h10-11,14-17,19,23,31H,4-9,12-13,18H2,1-3H3. The highest BCUT2D eigenvalue weighted by molar-refractivity contribution is 6.08. The van der Waals surface area contributed by atoms with Crippen molar-refractivity contribution in [1.29, 1.82) is 0 Å². The summed E-state index contributed by atoms with van der Waals surface area (Å²) in [6, 6.07) is 14.7. The fraction of sp³-hybridized carbons (Fsp3) is 0.519. The van der Waals surface area contributed by atoms with Gasteiger partial charge in [-0.3, -0.25) is 0 Å². The first-order chi connectivity index (χ1) is 16.9. The van der Waals surface area contributed by atoms with Gasteiger partial charge in [-0.2, -0.15) is 0 Å². The van der Waals surface area contributed by atoms with E-state index in [1.165, 1.54) is 30.2 Å². The second-order valence-electron chi connectivity index (χ2n) is 8.06. The molecule has 192 valence electrons. The van der Waals surface area contributed by atoms with E-state index in [-0.39, 0.29) is 26.4 Å². The van der Waals surface area contributed by atoms with Crippen LogP contribution in [-0.2, 0) is 39.8 Å². The Morgan fingerprint density at radius 2 is 1.40 bits per heavy atom. The molecule has 0 bridgehead atoms. The van der Waals surface area contributed by atoms with E-state index in [1.54, 1.807) is 6.92 Å². The minimum absolute atomic E-state index is 0.0187. The monoisotopic (exact) mass is 488 g/mol. The summed E-state index contributed by atoms with van der Waals surface area (Å²) in [6.45, 7) is 4.41. The van der Waals surface area contributed by atoms with Crippen molar-refractivity contribution in [2.45, 2.75) is 64.6 Å². The summed E-state index contributed by atoms with van der Waals surface area (Å²) >= 11 is 0. The minimum atomic E-state index is -2.95. The Bertz CT molecular complexity index is 953. The number of aryl methyl sites for hydroxylation is 1. The Labute approximate surface area is 206 Å². The molecule has 1 N–H and O–H groups in total. The average molecular weight is 489 g/mol. The second kappa shape index (κ2) is 14.4. The van der Waals surface area contributed by atoms with Gasteiger partial charge in [-0.25, -0.2) is 14.4 Å². The number of ether oxygens (including phenoxy) is 4. The van der Waals surface area contributed by atoms with E-state index < -0.39 is 29.6 Å². The molecule has 8 heteroatoms. The van der Waals surface area contributed by atoms with Gasteiger partial charge >= 0.3 is 17.9 Å². The molecule has 0 aromatic heterocycles. The molecule has 0 saturated carbocycles. The Morgan fingerprint density at radius 1 is 0.800 bits per heavy atom. The largest absolute Gasteiger partial charge is 0.464 e. The van der Waals surface area contributed by atoms with E-state index >= 15 is 0 Å². The van der Waals surface area contributed by atoms with E-state index in [4.69, 9.17) is 18.9 Å². The summed E-state index contributed by atoms with van der Waals surface area (Å²) in [5.74, 6) is -3.66. The maximum absolute atomic E-state index is 12.5. The zero-order valence-electron chi connectivity index (χ0n) is 20.8. The molecule has 0 spiro atoms. The number of rotatable bonds is 15. The summed E-state index contributed by atoms with van der Waals surface area (Å²) in [4.78, 5) is 37.4. The lowest BCUT2D eigenvalue weighted by Crippen LogP contribution is -2.61. The van der Waals surface area contributed by atoms with Crippen LogP contribution in [0.15, 0.2) is 42.5 Å². The fourth-order valence-electron chi connectivity index (χ4n) is 3.74. The fourth-order valence-corrected chi connectivity index (χ4v) is 3.74. The van der Waals surface area contributed by atoms with Crippen LogP contribution >= 0.6 is 0 Å². The molecular formula is C27H36O8. The molecule has 0 heterocycles. The predicted molar refractivity (Wildman–Crippen MR) is 131 cm³/mol. The van der Waals surface area contributed by atoms with E-state index in [0.29, 0.717) is 6.42 Å². The number of carbonyl (C=O) groups excluding carboxylic acids is 3. The van der Waals surface area contributed by atoms with Crippen molar-refractivity contribution in [1.82, 2.24) is 0 Å². The number of unbranched alkanes of at least 4 members (excludes halogenated alkanes) is 3. The normalized spacial score (nSPS) is 12.2. The van der Waals surface area contributed by atoms with Crippen molar-refractivity contribution in [2.24, 2.45) is 0 Å². The molecule has 0 saturated heterocycles. The topological polar surface area (TPSA) is 108 Å². The number of hydrogen-bond acceptors (Lipinski definition) is 8. The van der Waals surface area contributed by atoms with Crippen molar-refractivity contribution >= 4 is 28.7 Å². The first-order valence-electron chi connectivity index (χ1n) is 12.2. The molecule has 2 aromatic rings. The zero-order chi connectivity index (χ0) is 25.7. The number of carbonyl (C=O) groups is 3. The van der Waals surface area contributed by atoms with Gasteiger partial charge in [-0.1, -0.05) is 55.3 Å². The highest BCUT2D eigenvalue weighted by Crippen LogP contribution is 2.22. The van der Waals surface area contributed by atoms with Crippen LogP contribution in [0.4, 0.5) is 0 Å². The van der Waals surface area contributed by atoms with E-state index in [0.717, 1.165) is 25.7 Å². The molecule has 35 heavy (non-hydrogen) atoms. The van der Waals surface area contributed by atoms with Gasteiger partial charge in [-0.05, 0) is 56.4 Å². The van der Waals surface area contributed by atoms with Gasteiger partial charge in [0.1, 0.15) is 0 Å². The number of benzene rings is 2. The Kier molecular flexibility index (Phi) is 11.7. The van der Waals surface area contributed by atoms with Crippen molar-refractivity contribution in [3.8, 4) is 0 Å². The molecule has 2 aromatic carbocycles. The molecule has 0 aliphatic heterocycles. The lowest BCUT2D eigenvalue weighted by molar-refractivity contribution is -0.208. The van der Waals surface area contributed by atoms with Crippen molar-refractivity contribution in [3.63, 3.8) is 0 Å². The molecule has 0 aliphatic rings.